The molecule has 0 heterocycles. The number of hydrogen-bond acceptors (Lipinski definition) is 2. The Labute approximate surface area is 78.4 Å². The van der Waals surface area contributed by atoms with Gasteiger partial charge in [0.25, 0.3) is 0 Å². The number of hydrogen-bond donors (Lipinski definition) is 2. The number of benzene rings is 1. The lowest BCUT2D eigenvalue weighted by atomic mass is 10.0. The van der Waals surface area contributed by atoms with Crippen molar-refractivity contribution in [2.45, 2.75) is 12.5 Å². The first-order valence-electron chi connectivity index (χ1n) is 4.18. The van der Waals surface area contributed by atoms with Crippen LogP contribution in [0.5, 0.6) is 0 Å². The van der Waals surface area contributed by atoms with Crippen molar-refractivity contribution in [1.82, 2.24) is 0 Å². The monoisotopic (exact) mass is 175 g/mol. The zero-order valence-corrected chi connectivity index (χ0v) is 7.40. The smallest absolute Gasteiger partial charge is 0.0585 e. The average Bonchev–Trinajstić information content (AvgIpc) is 2.18. The molecule has 0 amide bonds. The van der Waals surface area contributed by atoms with Crippen LogP contribution in [0.2, 0.25) is 0 Å². The van der Waals surface area contributed by atoms with Gasteiger partial charge in [-0.3, -0.25) is 0 Å². The molecule has 1 unspecified atom stereocenters. The Bertz CT molecular complexity index is 314. The minimum atomic E-state index is -0.201. The van der Waals surface area contributed by atoms with E-state index in [1.807, 2.05) is 24.3 Å². The van der Waals surface area contributed by atoms with Crippen LogP contribution in [-0.2, 0) is 6.42 Å². The fourth-order valence-corrected chi connectivity index (χ4v) is 1.16. The van der Waals surface area contributed by atoms with Crippen LogP contribution in [0, 0.1) is 12.3 Å². The van der Waals surface area contributed by atoms with Crippen molar-refractivity contribution in [3.05, 3.63) is 35.4 Å². The van der Waals surface area contributed by atoms with Crippen molar-refractivity contribution in [3.8, 4) is 12.3 Å². The zero-order valence-electron chi connectivity index (χ0n) is 7.40. The molecule has 1 aromatic carbocycles. The predicted molar refractivity (Wildman–Crippen MR) is 53.1 cm³/mol. The van der Waals surface area contributed by atoms with E-state index in [9.17, 15) is 0 Å². The molecule has 0 spiro atoms. The molecule has 0 aliphatic carbocycles. The fourth-order valence-electron chi connectivity index (χ4n) is 1.16. The van der Waals surface area contributed by atoms with Gasteiger partial charge in [-0.25, -0.2) is 0 Å². The van der Waals surface area contributed by atoms with E-state index in [4.69, 9.17) is 17.3 Å². The molecule has 0 bridgehead atoms. The largest absolute Gasteiger partial charge is 0.395 e. The normalized spacial score (nSPS) is 12.1. The predicted octanol–water partition coefficient (Wildman–Crippen LogP) is 0.530. The summed E-state index contributed by atoms with van der Waals surface area (Å²) in [6.45, 7) is 0.000279. The van der Waals surface area contributed by atoms with Crippen LogP contribution >= 0.6 is 0 Å². The molecule has 1 rings (SSSR count). The summed E-state index contributed by atoms with van der Waals surface area (Å²) in [5.74, 6) is 2.56. The van der Waals surface area contributed by atoms with Crippen molar-refractivity contribution < 1.29 is 5.11 Å². The van der Waals surface area contributed by atoms with Crippen LogP contribution in [0.4, 0.5) is 0 Å². The van der Waals surface area contributed by atoms with Crippen LogP contribution in [0.1, 0.15) is 11.1 Å². The third-order valence-corrected chi connectivity index (χ3v) is 1.83. The zero-order chi connectivity index (χ0) is 9.68. The Morgan fingerprint density at radius 1 is 1.54 bits per heavy atom. The van der Waals surface area contributed by atoms with E-state index in [0.29, 0.717) is 6.42 Å². The summed E-state index contributed by atoms with van der Waals surface area (Å²) in [6, 6.07) is 7.43. The molecular weight excluding hydrogens is 162 g/mol. The van der Waals surface area contributed by atoms with Crippen LogP contribution in [0.25, 0.3) is 0 Å². The minimum absolute atomic E-state index is 0.000279. The van der Waals surface area contributed by atoms with Gasteiger partial charge in [0.15, 0.2) is 0 Å². The Kier molecular flexibility index (Phi) is 3.51. The third-order valence-electron chi connectivity index (χ3n) is 1.83. The summed E-state index contributed by atoms with van der Waals surface area (Å²) in [5, 5.41) is 8.76. The average molecular weight is 175 g/mol. The molecule has 0 fully saturated rings. The molecule has 2 nitrogen and oxygen atoms in total. The summed E-state index contributed by atoms with van der Waals surface area (Å²) >= 11 is 0. The maximum absolute atomic E-state index is 8.76. The molecule has 0 aromatic heterocycles. The van der Waals surface area contributed by atoms with E-state index in [-0.39, 0.29) is 12.6 Å². The molecule has 2 heteroatoms. The molecule has 0 saturated heterocycles. The van der Waals surface area contributed by atoms with E-state index in [2.05, 4.69) is 5.92 Å². The van der Waals surface area contributed by atoms with Crippen LogP contribution in [-0.4, -0.2) is 17.8 Å². The molecule has 0 radical (unpaired) electrons. The van der Waals surface area contributed by atoms with Crippen LogP contribution in [0.3, 0.4) is 0 Å². The van der Waals surface area contributed by atoms with Gasteiger partial charge in [0.1, 0.15) is 0 Å². The van der Waals surface area contributed by atoms with Crippen molar-refractivity contribution in [3.63, 3.8) is 0 Å². The highest BCUT2D eigenvalue weighted by Gasteiger charge is 2.01. The number of aliphatic hydroxyl groups is 1. The van der Waals surface area contributed by atoms with Crippen molar-refractivity contribution in [2.24, 2.45) is 5.73 Å². The summed E-state index contributed by atoms with van der Waals surface area (Å²) in [5.41, 5.74) is 7.51. The second kappa shape index (κ2) is 4.66. The quantitative estimate of drug-likeness (QED) is 0.658. The van der Waals surface area contributed by atoms with E-state index < -0.39 is 0 Å². The van der Waals surface area contributed by atoms with Gasteiger partial charge in [0, 0.05) is 11.6 Å². The lowest BCUT2D eigenvalue weighted by Gasteiger charge is -2.07. The van der Waals surface area contributed by atoms with Crippen LogP contribution in [0.15, 0.2) is 24.3 Å². The molecule has 0 aliphatic heterocycles. The van der Waals surface area contributed by atoms with Crippen molar-refractivity contribution >= 4 is 0 Å². The highest BCUT2D eigenvalue weighted by Crippen LogP contribution is 2.05. The summed E-state index contributed by atoms with van der Waals surface area (Å²) < 4.78 is 0. The minimum Gasteiger partial charge on any atom is -0.395 e. The number of rotatable bonds is 3. The molecule has 0 saturated carbocycles. The topological polar surface area (TPSA) is 46.2 Å². The first kappa shape index (κ1) is 9.79. The highest BCUT2D eigenvalue weighted by molar-refractivity contribution is 5.35. The first-order valence-corrected chi connectivity index (χ1v) is 4.18. The molecular formula is C11H13NO. The number of terminal acetylenes is 1. The van der Waals surface area contributed by atoms with Crippen molar-refractivity contribution in [2.75, 3.05) is 6.61 Å². The van der Waals surface area contributed by atoms with E-state index in [1.54, 1.807) is 0 Å². The lowest BCUT2D eigenvalue weighted by Crippen LogP contribution is -2.26. The number of aliphatic hydroxyl groups excluding tert-OH is 1. The fraction of sp³-hybridized carbons (Fsp3) is 0.273. The second-order valence-electron chi connectivity index (χ2n) is 2.99. The van der Waals surface area contributed by atoms with E-state index in [1.165, 1.54) is 0 Å². The maximum Gasteiger partial charge on any atom is 0.0585 e. The first-order chi connectivity index (χ1) is 6.26. The lowest BCUT2D eigenvalue weighted by molar-refractivity contribution is 0.265. The Hall–Kier alpha value is -1.30. The van der Waals surface area contributed by atoms with Gasteiger partial charge in [-0.05, 0) is 24.1 Å². The van der Waals surface area contributed by atoms with Gasteiger partial charge in [0.2, 0.25) is 0 Å². The Balaban J connectivity index is 2.73. The molecule has 0 aliphatic rings. The van der Waals surface area contributed by atoms with Gasteiger partial charge >= 0.3 is 0 Å². The van der Waals surface area contributed by atoms with Gasteiger partial charge in [-0.15, -0.1) is 6.42 Å². The number of nitrogens with two attached hydrogens (primary N) is 1. The van der Waals surface area contributed by atoms with Gasteiger partial charge in [0.05, 0.1) is 6.61 Å². The van der Waals surface area contributed by atoms with Gasteiger partial charge < -0.3 is 10.8 Å². The van der Waals surface area contributed by atoms with Gasteiger partial charge in [-0.2, -0.15) is 0 Å². The molecule has 13 heavy (non-hydrogen) atoms. The molecule has 1 aromatic rings. The Morgan fingerprint density at radius 2 is 2.31 bits per heavy atom. The van der Waals surface area contributed by atoms with Crippen molar-refractivity contribution in [1.29, 1.82) is 0 Å². The highest BCUT2D eigenvalue weighted by atomic mass is 16.3. The standard InChI is InChI=1S/C11H13NO/c1-2-9-4-3-5-10(6-9)7-11(12)8-13/h1,3-6,11,13H,7-8,12H2. The summed E-state index contributed by atoms with van der Waals surface area (Å²) in [4.78, 5) is 0. The summed E-state index contributed by atoms with van der Waals surface area (Å²) in [6.07, 6.45) is 5.91. The summed E-state index contributed by atoms with van der Waals surface area (Å²) in [7, 11) is 0. The second-order valence-corrected chi connectivity index (χ2v) is 2.99. The SMILES string of the molecule is C#Cc1cccc(CC(N)CO)c1. The molecule has 3 N–H and O–H groups in total. The van der Waals surface area contributed by atoms with E-state index in [0.717, 1.165) is 11.1 Å². The maximum atomic E-state index is 8.76. The third kappa shape index (κ3) is 2.90. The van der Waals surface area contributed by atoms with Gasteiger partial charge in [-0.1, -0.05) is 18.1 Å². The van der Waals surface area contributed by atoms with Crippen LogP contribution < -0.4 is 5.73 Å². The Morgan fingerprint density at radius 3 is 2.92 bits per heavy atom. The molecule has 68 valence electrons. The van der Waals surface area contributed by atoms with E-state index >= 15 is 0 Å². The molecule has 1 atom stereocenters.